The second-order valence-corrected chi connectivity index (χ2v) is 6.46. The average Bonchev–Trinajstić information content (AvgIpc) is 2.62. The highest BCUT2D eigenvalue weighted by Gasteiger charge is 2.17. The average molecular weight is 383 g/mol. The largest absolute Gasteiger partial charge is 0.372 e. The van der Waals surface area contributed by atoms with Gasteiger partial charge in [0.2, 0.25) is 5.91 Å². The summed E-state index contributed by atoms with van der Waals surface area (Å²) in [5, 5.41) is 22.5. The molecule has 148 valence electrons. The van der Waals surface area contributed by atoms with Gasteiger partial charge in [0.15, 0.2) is 5.69 Å². The first-order valence-corrected chi connectivity index (χ1v) is 9.10. The standard InChI is InChI=1S/C20H25N5O3/c1-6-24(7-2)16-8-9-17(18(12-16)21-15(5)26)22-23-20-14(4)10-13(3)11-19(20)25(27)28/h8-12H,6-7H2,1-5H3,(H,21,26). The lowest BCUT2D eigenvalue weighted by molar-refractivity contribution is -0.384. The Labute approximate surface area is 164 Å². The third-order valence-corrected chi connectivity index (χ3v) is 4.30. The van der Waals surface area contributed by atoms with Gasteiger partial charge in [0, 0.05) is 31.8 Å². The molecule has 2 aromatic carbocycles. The minimum atomic E-state index is -0.466. The molecule has 0 bridgehead atoms. The molecule has 0 heterocycles. The molecule has 1 amide bonds. The van der Waals surface area contributed by atoms with E-state index in [2.05, 4.69) is 34.3 Å². The number of benzene rings is 2. The van der Waals surface area contributed by atoms with E-state index in [0.29, 0.717) is 16.9 Å². The fourth-order valence-electron chi connectivity index (χ4n) is 3.00. The number of nitrogens with one attached hydrogen (secondary N) is 1. The zero-order valence-corrected chi connectivity index (χ0v) is 16.8. The Kier molecular flexibility index (Phi) is 6.81. The Morgan fingerprint density at radius 3 is 2.39 bits per heavy atom. The summed E-state index contributed by atoms with van der Waals surface area (Å²) < 4.78 is 0. The molecular weight excluding hydrogens is 358 g/mol. The number of rotatable bonds is 7. The third-order valence-electron chi connectivity index (χ3n) is 4.30. The second-order valence-electron chi connectivity index (χ2n) is 6.46. The first-order valence-electron chi connectivity index (χ1n) is 9.10. The van der Waals surface area contributed by atoms with Crippen molar-refractivity contribution in [2.24, 2.45) is 10.2 Å². The molecule has 0 aromatic heterocycles. The first kappa shape index (κ1) is 21.0. The number of anilines is 2. The Hall–Kier alpha value is -3.29. The van der Waals surface area contributed by atoms with Gasteiger partial charge in [-0.2, -0.15) is 0 Å². The van der Waals surface area contributed by atoms with Crippen LogP contribution in [0.3, 0.4) is 0 Å². The van der Waals surface area contributed by atoms with Crippen LogP contribution in [0, 0.1) is 24.0 Å². The Morgan fingerprint density at radius 1 is 1.14 bits per heavy atom. The molecule has 0 aliphatic heterocycles. The van der Waals surface area contributed by atoms with E-state index in [1.165, 1.54) is 13.0 Å². The first-order chi connectivity index (χ1) is 13.3. The molecule has 0 radical (unpaired) electrons. The van der Waals surface area contributed by atoms with Crippen molar-refractivity contribution in [1.29, 1.82) is 0 Å². The molecule has 28 heavy (non-hydrogen) atoms. The van der Waals surface area contributed by atoms with Crippen LogP contribution in [0.5, 0.6) is 0 Å². The molecule has 0 atom stereocenters. The van der Waals surface area contributed by atoms with Crippen LogP contribution in [0.2, 0.25) is 0 Å². The SMILES string of the molecule is CCN(CC)c1ccc(N=Nc2c(C)cc(C)cc2[N+](=O)[O-])c(NC(C)=O)c1. The van der Waals surface area contributed by atoms with Crippen molar-refractivity contribution in [3.8, 4) is 0 Å². The van der Waals surface area contributed by atoms with E-state index < -0.39 is 4.92 Å². The maximum absolute atomic E-state index is 11.6. The summed E-state index contributed by atoms with van der Waals surface area (Å²) in [7, 11) is 0. The number of hydrogen-bond donors (Lipinski definition) is 1. The molecule has 0 fully saturated rings. The lowest BCUT2D eigenvalue weighted by atomic mass is 10.1. The van der Waals surface area contributed by atoms with Crippen LogP contribution in [-0.2, 0) is 4.79 Å². The molecule has 0 aliphatic rings. The molecule has 8 nitrogen and oxygen atoms in total. The van der Waals surface area contributed by atoms with Gasteiger partial charge in [0.05, 0.1) is 10.6 Å². The fourth-order valence-corrected chi connectivity index (χ4v) is 3.00. The van der Waals surface area contributed by atoms with E-state index in [1.54, 1.807) is 19.9 Å². The van der Waals surface area contributed by atoms with Gasteiger partial charge in [-0.3, -0.25) is 14.9 Å². The van der Waals surface area contributed by atoms with Gasteiger partial charge in [-0.1, -0.05) is 6.07 Å². The third kappa shape index (κ3) is 4.91. The molecule has 0 saturated heterocycles. The van der Waals surface area contributed by atoms with E-state index >= 15 is 0 Å². The van der Waals surface area contributed by atoms with Crippen molar-refractivity contribution in [3.05, 3.63) is 51.6 Å². The highest BCUT2D eigenvalue weighted by Crippen LogP contribution is 2.36. The van der Waals surface area contributed by atoms with E-state index in [0.717, 1.165) is 24.3 Å². The summed E-state index contributed by atoms with van der Waals surface area (Å²) in [5.74, 6) is -0.231. The van der Waals surface area contributed by atoms with Crippen LogP contribution in [0.4, 0.5) is 28.4 Å². The summed E-state index contributed by atoms with van der Waals surface area (Å²) in [6.45, 7) is 10.7. The fraction of sp³-hybridized carbons (Fsp3) is 0.350. The smallest absolute Gasteiger partial charge is 0.297 e. The number of nitro groups is 1. The van der Waals surface area contributed by atoms with Gasteiger partial charge in [-0.25, -0.2) is 0 Å². The maximum atomic E-state index is 11.6. The number of hydrogen-bond acceptors (Lipinski definition) is 6. The van der Waals surface area contributed by atoms with Gasteiger partial charge in [-0.05, 0) is 57.0 Å². The van der Waals surface area contributed by atoms with Gasteiger partial charge < -0.3 is 10.2 Å². The Morgan fingerprint density at radius 2 is 1.82 bits per heavy atom. The summed E-state index contributed by atoms with van der Waals surface area (Å²) in [5.41, 5.74) is 3.44. The normalized spacial score (nSPS) is 10.9. The molecule has 2 aromatic rings. The van der Waals surface area contributed by atoms with Crippen LogP contribution in [0.25, 0.3) is 0 Å². The number of azo groups is 1. The van der Waals surface area contributed by atoms with Crippen molar-refractivity contribution in [3.63, 3.8) is 0 Å². The van der Waals surface area contributed by atoms with Crippen molar-refractivity contribution >= 4 is 34.3 Å². The van der Waals surface area contributed by atoms with E-state index in [-0.39, 0.29) is 17.3 Å². The predicted molar refractivity (Wildman–Crippen MR) is 111 cm³/mol. The lowest BCUT2D eigenvalue weighted by Gasteiger charge is -2.22. The number of carbonyl (C=O) groups is 1. The second kappa shape index (κ2) is 9.07. The zero-order valence-electron chi connectivity index (χ0n) is 16.8. The highest BCUT2D eigenvalue weighted by molar-refractivity contribution is 5.93. The van der Waals surface area contributed by atoms with Crippen LogP contribution in [-0.4, -0.2) is 23.9 Å². The Bertz CT molecular complexity index is 920. The van der Waals surface area contributed by atoms with E-state index in [1.807, 2.05) is 18.2 Å². The quantitative estimate of drug-likeness (QED) is 0.391. The van der Waals surface area contributed by atoms with Crippen LogP contribution < -0.4 is 10.2 Å². The summed E-state index contributed by atoms with van der Waals surface area (Å²) in [4.78, 5) is 24.7. The van der Waals surface area contributed by atoms with Gasteiger partial charge >= 0.3 is 0 Å². The molecule has 0 unspecified atom stereocenters. The van der Waals surface area contributed by atoms with Crippen molar-refractivity contribution < 1.29 is 9.72 Å². The minimum Gasteiger partial charge on any atom is -0.372 e. The van der Waals surface area contributed by atoms with E-state index in [9.17, 15) is 14.9 Å². The van der Waals surface area contributed by atoms with Crippen LogP contribution >= 0.6 is 0 Å². The molecule has 0 saturated carbocycles. The van der Waals surface area contributed by atoms with Gasteiger partial charge in [0.1, 0.15) is 5.69 Å². The van der Waals surface area contributed by atoms with Crippen LogP contribution in [0.15, 0.2) is 40.6 Å². The van der Waals surface area contributed by atoms with E-state index in [4.69, 9.17) is 0 Å². The number of nitrogens with zero attached hydrogens (tertiary/aromatic N) is 4. The highest BCUT2D eigenvalue weighted by atomic mass is 16.6. The number of carbonyl (C=O) groups excluding carboxylic acids is 1. The molecular formula is C20H25N5O3. The number of aryl methyl sites for hydroxylation is 2. The molecule has 1 N–H and O–H groups in total. The van der Waals surface area contributed by atoms with Crippen LogP contribution in [0.1, 0.15) is 31.9 Å². The van der Waals surface area contributed by atoms with Crippen molar-refractivity contribution in [1.82, 2.24) is 0 Å². The molecule has 0 aliphatic carbocycles. The number of amides is 1. The summed E-state index contributed by atoms with van der Waals surface area (Å²) in [6.07, 6.45) is 0. The zero-order chi connectivity index (χ0) is 20.8. The lowest BCUT2D eigenvalue weighted by Crippen LogP contribution is -2.21. The molecule has 0 spiro atoms. The molecule has 2 rings (SSSR count). The maximum Gasteiger partial charge on any atom is 0.297 e. The predicted octanol–water partition coefficient (Wildman–Crippen LogP) is 5.43. The van der Waals surface area contributed by atoms with Gasteiger partial charge in [-0.15, -0.1) is 10.2 Å². The topological polar surface area (TPSA) is 100 Å². The molecule has 8 heteroatoms. The van der Waals surface area contributed by atoms with Crippen molar-refractivity contribution in [2.75, 3.05) is 23.3 Å². The Balaban J connectivity index is 2.51. The summed E-state index contributed by atoms with van der Waals surface area (Å²) in [6, 6.07) is 8.76. The van der Waals surface area contributed by atoms with Crippen molar-refractivity contribution in [2.45, 2.75) is 34.6 Å². The minimum absolute atomic E-state index is 0.0953. The van der Waals surface area contributed by atoms with Gasteiger partial charge in [0.25, 0.3) is 5.69 Å². The monoisotopic (exact) mass is 383 g/mol. The summed E-state index contributed by atoms with van der Waals surface area (Å²) >= 11 is 0. The number of nitro benzene ring substituents is 1.